The van der Waals surface area contributed by atoms with Gasteiger partial charge in [-0.15, -0.1) is 0 Å². The molecule has 112 valence electrons. The molecule has 0 bridgehead atoms. The predicted octanol–water partition coefficient (Wildman–Crippen LogP) is 2.84. The van der Waals surface area contributed by atoms with Crippen molar-refractivity contribution in [1.29, 1.82) is 4.78 Å². The van der Waals surface area contributed by atoms with Crippen LogP contribution in [0.4, 0.5) is 18.9 Å². The van der Waals surface area contributed by atoms with Gasteiger partial charge in [-0.2, -0.15) is 13.2 Å². The summed E-state index contributed by atoms with van der Waals surface area (Å²) < 4.78 is 61.3. The van der Waals surface area contributed by atoms with Crippen LogP contribution in [-0.4, -0.2) is 35.5 Å². The first-order valence-electron chi connectivity index (χ1n) is 5.84. The minimum absolute atomic E-state index is 0.242. The van der Waals surface area contributed by atoms with Crippen LogP contribution in [0.25, 0.3) is 0 Å². The number of hydrogen-bond acceptors (Lipinski definition) is 4. The predicted molar refractivity (Wildman–Crippen MR) is 69.3 cm³/mol. The average Bonchev–Trinajstić information content (AvgIpc) is 2.34. The van der Waals surface area contributed by atoms with E-state index in [4.69, 9.17) is 9.52 Å². The van der Waals surface area contributed by atoms with Gasteiger partial charge in [0.2, 0.25) is 0 Å². The second-order valence-corrected chi connectivity index (χ2v) is 7.05. The molecule has 20 heavy (non-hydrogen) atoms. The summed E-state index contributed by atoms with van der Waals surface area (Å²) in [5, 5.41) is 0. The zero-order valence-corrected chi connectivity index (χ0v) is 11.8. The van der Waals surface area contributed by atoms with Gasteiger partial charge in [-0.25, -0.2) is 8.99 Å². The minimum Gasteiger partial charge on any atom is -0.375 e. The largest absolute Gasteiger partial charge is 0.483 e. The molecule has 1 fully saturated rings. The Morgan fingerprint density at radius 3 is 2.20 bits per heavy atom. The first-order chi connectivity index (χ1) is 9.09. The fourth-order valence-corrected chi connectivity index (χ4v) is 2.84. The zero-order chi connectivity index (χ0) is 15.2. The molecule has 4 nitrogen and oxygen atoms in total. The normalized spacial score (nSPS) is 21.1. The number of rotatable bonds is 3. The Kier molecular flexibility index (Phi) is 3.50. The number of halogens is 3. The molecule has 1 N–H and O–H groups in total. The summed E-state index contributed by atoms with van der Waals surface area (Å²) in [5.74, 6) is 0. The smallest absolute Gasteiger partial charge is 0.375 e. The van der Waals surface area contributed by atoms with Gasteiger partial charge in [0.1, 0.15) is 0 Å². The van der Waals surface area contributed by atoms with E-state index in [2.05, 4.69) is 0 Å². The Morgan fingerprint density at radius 2 is 1.80 bits per heavy atom. The highest BCUT2D eigenvalue weighted by molar-refractivity contribution is 7.93. The quantitative estimate of drug-likeness (QED) is 0.934. The number of hydrogen-bond donors (Lipinski definition) is 1. The third-order valence-electron chi connectivity index (χ3n) is 3.40. The fraction of sp³-hybridized carbons (Fsp3) is 0.500. The number of ether oxygens (including phenoxy) is 1. The number of nitrogens with zero attached hydrogens (tertiary/aromatic N) is 1. The van der Waals surface area contributed by atoms with Crippen LogP contribution in [0, 0.1) is 4.78 Å². The molecular formula is C12H15F3N2O2S. The molecule has 1 saturated heterocycles. The number of alkyl halides is 3. The molecular weight excluding hydrogens is 293 g/mol. The van der Waals surface area contributed by atoms with Crippen molar-refractivity contribution in [3.63, 3.8) is 0 Å². The third-order valence-corrected chi connectivity index (χ3v) is 4.99. The van der Waals surface area contributed by atoms with Gasteiger partial charge in [-0.3, -0.25) is 0 Å². The molecule has 2 rings (SSSR count). The Hall–Kier alpha value is -1.28. The first kappa shape index (κ1) is 15.1. The topological polar surface area (TPSA) is 53.4 Å². The molecule has 1 aromatic rings. The third kappa shape index (κ3) is 2.49. The lowest BCUT2D eigenvalue weighted by atomic mass is 9.96. The van der Waals surface area contributed by atoms with Gasteiger partial charge in [0.25, 0.3) is 0 Å². The van der Waals surface area contributed by atoms with E-state index < -0.39 is 20.1 Å². The highest BCUT2D eigenvalue weighted by Gasteiger charge is 2.43. The summed E-state index contributed by atoms with van der Waals surface area (Å²) in [4.78, 5) is 1.41. The van der Waals surface area contributed by atoms with E-state index in [-0.39, 0.29) is 5.60 Å². The maximum atomic E-state index is 12.5. The highest BCUT2D eigenvalue weighted by Crippen LogP contribution is 2.34. The first-order valence-corrected chi connectivity index (χ1v) is 7.40. The van der Waals surface area contributed by atoms with Gasteiger partial charge in [0, 0.05) is 25.9 Å². The Labute approximate surface area is 115 Å². The van der Waals surface area contributed by atoms with E-state index in [0.29, 0.717) is 13.1 Å². The van der Waals surface area contributed by atoms with Crippen molar-refractivity contribution in [3.8, 4) is 0 Å². The Bertz CT molecular complexity index is 590. The lowest BCUT2D eigenvalue weighted by Crippen LogP contribution is -2.61. The molecule has 8 heteroatoms. The summed E-state index contributed by atoms with van der Waals surface area (Å²) in [6, 6.07) is 5.09. The summed E-state index contributed by atoms with van der Waals surface area (Å²) in [6.07, 6.45) is 0. The zero-order valence-electron chi connectivity index (χ0n) is 11.0. The highest BCUT2D eigenvalue weighted by atomic mass is 32.2. The number of methoxy groups -OCH3 is 1. The molecule has 1 heterocycles. The SMILES string of the molecule is COC1(C)CN(c2ccc(S(=N)(=O)C(F)(F)F)cc2)C1. The van der Waals surface area contributed by atoms with Gasteiger partial charge in [-0.1, -0.05) is 0 Å². The van der Waals surface area contributed by atoms with Crippen molar-refractivity contribution in [1.82, 2.24) is 0 Å². The maximum Gasteiger partial charge on any atom is 0.483 e. The van der Waals surface area contributed by atoms with Gasteiger partial charge >= 0.3 is 5.51 Å². The van der Waals surface area contributed by atoms with Crippen molar-refractivity contribution < 1.29 is 22.1 Å². The van der Waals surface area contributed by atoms with Crippen LogP contribution in [0.5, 0.6) is 0 Å². The van der Waals surface area contributed by atoms with Crippen molar-refractivity contribution in [3.05, 3.63) is 24.3 Å². The standard InChI is InChI=1S/C12H15F3N2O2S/c1-11(19-2)7-17(8-11)9-3-5-10(6-4-9)20(16,18)12(13,14)15/h3-6,16H,7-8H2,1-2H3. The Balaban J connectivity index is 2.17. The number of nitrogens with one attached hydrogen (secondary N) is 1. The molecule has 1 aliphatic heterocycles. The van der Waals surface area contributed by atoms with Crippen LogP contribution in [0.1, 0.15) is 6.92 Å². The molecule has 0 spiro atoms. The summed E-state index contributed by atoms with van der Waals surface area (Å²) in [7, 11) is -3.17. The van der Waals surface area contributed by atoms with E-state index in [1.807, 2.05) is 11.8 Å². The van der Waals surface area contributed by atoms with Crippen LogP contribution in [0.3, 0.4) is 0 Å². The van der Waals surface area contributed by atoms with Gasteiger partial charge in [-0.05, 0) is 31.2 Å². The molecule has 1 unspecified atom stereocenters. The van der Waals surface area contributed by atoms with E-state index in [1.165, 1.54) is 12.1 Å². The maximum absolute atomic E-state index is 12.5. The summed E-state index contributed by atoms with van der Waals surface area (Å²) in [5.41, 5.74) is -4.58. The van der Waals surface area contributed by atoms with Crippen LogP contribution in [-0.2, 0) is 14.5 Å². The molecule has 1 aromatic carbocycles. The van der Waals surface area contributed by atoms with E-state index >= 15 is 0 Å². The monoisotopic (exact) mass is 308 g/mol. The molecule has 0 radical (unpaired) electrons. The van der Waals surface area contributed by atoms with Crippen molar-refractivity contribution in [2.75, 3.05) is 25.1 Å². The van der Waals surface area contributed by atoms with Crippen LogP contribution >= 0.6 is 0 Å². The minimum atomic E-state index is -5.06. The van der Waals surface area contributed by atoms with Crippen molar-refractivity contribution in [2.24, 2.45) is 0 Å². The lowest BCUT2D eigenvalue weighted by Gasteiger charge is -2.48. The molecule has 0 aromatic heterocycles. The van der Waals surface area contributed by atoms with E-state index in [0.717, 1.165) is 17.8 Å². The molecule has 1 aliphatic rings. The van der Waals surface area contributed by atoms with Gasteiger partial charge in [0.15, 0.2) is 9.73 Å². The molecule has 1 atom stereocenters. The van der Waals surface area contributed by atoms with Crippen LogP contribution in [0.2, 0.25) is 0 Å². The van der Waals surface area contributed by atoms with E-state index in [1.54, 1.807) is 7.11 Å². The average molecular weight is 308 g/mol. The second kappa shape index (κ2) is 4.63. The second-order valence-electron chi connectivity index (χ2n) is 5.01. The van der Waals surface area contributed by atoms with Gasteiger partial charge < -0.3 is 9.64 Å². The van der Waals surface area contributed by atoms with E-state index in [9.17, 15) is 17.4 Å². The Morgan fingerprint density at radius 1 is 1.30 bits per heavy atom. The van der Waals surface area contributed by atoms with Crippen LogP contribution in [0.15, 0.2) is 29.2 Å². The molecule has 0 amide bonds. The summed E-state index contributed by atoms with van der Waals surface area (Å²) >= 11 is 0. The molecule has 0 saturated carbocycles. The number of benzene rings is 1. The number of anilines is 1. The summed E-state index contributed by atoms with van der Waals surface area (Å²) in [6.45, 7) is 3.22. The van der Waals surface area contributed by atoms with Crippen molar-refractivity contribution >= 4 is 15.4 Å². The van der Waals surface area contributed by atoms with Gasteiger partial charge in [0.05, 0.1) is 10.5 Å². The van der Waals surface area contributed by atoms with Crippen LogP contribution < -0.4 is 4.90 Å². The molecule has 0 aliphatic carbocycles. The fourth-order valence-electron chi connectivity index (χ4n) is 2.06. The van der Waals surface area contributed by atoms with Crippen molar-refractivity contribution in [2.45, 2.75) is 22.9 Å². The lowest BCUT2D eigenvalue weighted by molar-refractivity contribution is -0.0406.